The zero-order chi connectivity index (χ0) is 13.9. The molecular weight excluding hydrogens is 282 g/mol. The maximum Gasteiger partial charge on any atom is 0.181 e. The van der Waals surface area contributed by atoms with Crippen molar-refractivity contribution >= 4 is 21.4 Å². The van der Waals surface area contributed by atoms with Crippen molar-refractivity contribution in [1.82, 2.24) is 0 Å². The van der Waals surface area contributed by atoms with E-state index in [4.69, 9.17) is 17.3 Å². The van der Waals surface area contributed by atoms with Gasteiger partial charge in [-0.25, -0.2) is 8.42 Å². The van der Waals surface area contributed by atoms with E-state index in [0.29, 0.717) is 0 Å². The highest BCUT2D eigenvalue weighted by Gasteiger charge is 2.21. The standard InChI is InChI=1S/C14H14ClNO2S/c15-12-8-4-5-9-14(12)19(17,18)10-13(16)11-6-2-1-3-7-11/h1-9,13H,10,16H2. The Hall–Kier alpha value is -1.36. The van der Waals surface area contributed by atoms with Gasteiger partial charge in [0.05, 0.1) is 15.7 Å². The molecular formula is C14H14ClNO2S. The summed E-state index contributed by atoms with van der Waals surface area (Å²) in [7, 11) is -3.50. The Morgan fingerprint density at radius 2 is 1.58 bits per heavy atom. The summed E-state index contributed by atoms with van der Waals surface area (Å²) < 4.78 is 24.5. The van der Waals surface area contributed by atoms with E-state index in [1.807, 2.05) is 30.3 Å². The normalized spacial score (nSPS) is 13.2. The molecule has 0 saturated heterocycles. The minimum Gasteiger partial charge on any atom is -0.323 e. The lowest BCUT2D eigenvalue weighted by Gasteiger charge is -2.13. The Labute approximate surface area is 117 Å². The van der Waals surface area contributed by atoms with Crippen LogP contribution in [0.4, 0.5) is 0 Å². The highest BCUT2D eigenvalue weighted by molar-refractivity contribution is 7.91. The number of sulfone groups is 1. The molecule has 0 radical (unpaired) electrons. The molecule has 0 spiro atoms. The molecule has 2 aromatic carbocycles. The Morgan fingerprint density at radius 3 is 2.21 bits per heavy atom. The summed E-state index contributed by atoms with van der Waals surface area (Å²) in [6.45, 7) is 0. The average molecular weight is 296 g/mol. The van der Waals surface area contributed by atoms with Crippen LogP contribution in [-0.4, -0.2) is 14.2 Å². The van der Waals surface area contributed by atoms with Gasteiger partial charge in [-0.3, -0.25) is 0 Å². The van der Waals surface area contributed by atoms with Crippen LogP contribution in [0.2, 0.25) is 5.02 Å². The molecule has 0 saturated carbocycles. The van der Waals surface area contributed by atoms with E-state index in [1.54, 1.807) is 18.2 Å². The first kappa shape index (κ1) is 14.1. The highest BCUT2D eigenvalue weighted by Crippen LogP contribution is 2.24. The maximum absolute atomic E-state index is 12.3. The second-order valence-corrected chi connectivity index (χ2v) is 6.64. The minimum absolute atomic E-state index is 0.128. The summed E-state index contributed by atoms with van der Waals surface area (Å²) in [5, 5.41) is 0.225. The van der Waals surface area contributed by atoms with Crippen LogP contribution >= 0.6 is 11.6 Å². The molecule has 0 heterocycles. The fourth-order valence-electron chi connectivity index (χ4n) is 1.82. The smallest absolute Gasteiger partial charge is 0.181 e. The van der Waals surface area contributed by atoms with Gasteiger partial charge >= 0.3 is 0 Å². The van der Waals surface area contributed by atoms with Crippen molar-refractivity contribution in [3.05, 3.63) is 65.2 Å². The Kier molecular flexibility index (Phi) is 4.24. The number of benzene rings is 2. The molecule has 0 aliphatic heterocycles. The van der Waals surface area contributed by atoms with Crippen molar-refractivity contribution in [3.8, 4) is 0 Å². The van der Waals surface area contributed by atoms with Gasteiger partial charge in [0.2, 0.25) is 0 Å². The predicted octanol–water partition coefficient (Wildman–Crippen LogP) is 2.81. The van der Waals surface area contributed by atoms with E-state index in [9.17, 15) is 8.42 Å². The van der Waals surface area contributed by atoms with E-state index in [-0.39, 0.29) is 15.7 Å². The van der Waals surface area contributed by atoms with Crippen molar-refractivity contribution < 1.29 is 8.42 Å². The molecule has 0 bridgehead atoms. The van der Waals surface area contributed by atoms with Crippen LogP contribution < -0.4 is 5.73 Å². The maximum atomic E-state index is 12.3. The van der Waals surface area contributed by atoms with Crippen molar-refractivity contribution in [2.45, 2.75) is 10.9 Å². The third-order valence-electron chi connectivity index (χ3n) is 2.80. The highest BCUT2D eigenvalue weighted by atomic mass is 35.5. The van der Waals surface area contributed by atoms with Gasteiger partial charge in [0.25, 0.3) is 0 Å². The van der Waals surface area contributed by atoms with E-state index in [2.05, 4.69) is 0 Å². The molecule has 0 aromatic heterocycles. The molecule has 100 valence electrons. The topological polar surface area (TPSA) is 60.2 Å². The third-order valence-corrected chi connectivity index (χ3v) is 5.06. The lowest BCUT2D eigenvalue weighted by atomic mass is 10.1. The van der Waals surface area contributed by atoms with Crippen LogP contribution in [0, 0.1) is 0 Å². The second kappa shape index (κ2) is 5.74. The van der Waals surface area contributed by atoms with Gasteiger partial charge in [-0.1, -0.05) is 54.1 Å². The van der Waals surface area contributed by atoms with Gasteiger partial charge in [-0.15, -0.1) is 0 Å². The largest absolute Gasteiger partial charge is 0.323 e. The van der Waals surface area contributed by atoms with E-state index < -0.39 is 15.9 Å². The van der Waals surface area contributed by atoms with Crippen LogP contribution in [-0.2, 0) is 9.84 Å². The molecule has 2 N–H and O–H groups in total. The number of hydrogen-bond acceptors (Lipinski definition) is 3. The second-order valence-electron chi connectivity index (χ2n) is 4.23. The molecule has 2 rings (SSSR count). The molecule has 1 atom stereocenters. The number of hydrogen-bond donors (Lipinski definition) is 1. The summed E-state index contributed by atoms with van der Waals surface area (Å²) in [6, 6.07) is 15.0. The van der Waals surface area contributed by atoms with E-state index in [1.165, 1.54) is 6.07 Å². The molecule has 5 heteroatoms. The van der Waals surface area contributed by atoms with Crippen molar-refractivity contribution in [1.29, 1.82) is 0 Å². The first-order valence-corrected chi connectivity index (χ1v) is 7.81. The van der Waals surface area contributed by atoms with Gasteiger partial charge in [-0.2, -0.15) is 0 Å². The van der Waals surface area contributed by atoms with Gasteiger partial charge in [0.1, 0.15) is 0 Å². The fraction of sp³-hybridized carbons (Fsp3) is 0.143. The van der Waals surface area contributed by atoms with Crippen LogP contribution in [0.3, 0.4) is 0 Å². The Balaban J connectivity index is 2.26. The SMILES string of the molecule is NC(CS(=O)(=O)c1ccccc1Cl)c1ccccc1. The van der Waals surface area contributed by atoms with E-state index in [0.717, 1.165) is 5.56 Å². The molecule has 1 unspecified atom stereocenters. The minimum atomic E-state index is -3.50. The molecule has 0 aliphatic rings. The first-order chi connectivity index (χ1) is 9.00. The van der Waals surface area contributed by atoms with Crippen LogP contribution in [0.1, 0.15) is 11.6 Å². The van der Waals surface area contributed by atoms with Crippen LogP contribution in [0.5, 0.6) is 0 Å². The summed E-state index contributed by atoms with van der Waals surface area (Å²) in [5.41, 5.74) is 6.74. The van der Waals surface area contributed by atoms with Crippen molar-refractivity contribution in [2.75, 3.05) is 5.75 Å². The Morgan fingerprint density at radius 1 is 1.00 bits per heavy atom. The fourth-order valence-corrected chi connectivity index (χ4v) is 3.80. The summed E-state index contributed by atoms with van der Waals surface area (Å²) in [4.78, 5) is 0.128. The summed E-state index contributed by atoms with van der Waals surface area (Å²) >= 11 is 5.92. The molecule has 2 aromatic rings. The molecule has 0 fully saturated rings. The number of nitrogens with two attached hydrogens (primary N) is 1. The monoisotopic (exact) mass is 295 g/mol. The molecule has 0 aliphatic carbocycles. The molecule has 19 heavy (non-hydrogen) atoms. The van der Waals surface area contributed by atoms with Gasteiger partial charge in [0, 0.05) is 6.04 Å². The van der Waals surface area contributed by atoms with Crippen LogP contribution in [0.15, 0.2) is 59.5 Å². The number of rotatable bonds is 4. The lowest BCUT2D eigenvalue weighted by Crippen LogP contribution is -2.22. The zero-order valence-electron chi connectivity index (χ0n) is 10.2. The zero-order valence-corrected chi connectivity index (χ0v) is 11.7. The lowest BCUT2D eigenvalue weighted by molar-refractivity contribution is 0.589. The van der Waals surface area contributed by atoms with Crippen LogP contribution in [0.25, 0.3) is 0 Å². The first-order valence-electron chi connectivity index (χ1n) is 5.78. The Bertz CT molecular complexity index is 656. The van der Waals surface area contributed by atoms with Gasteiger partial charge < -0.3 is 5.73 Å². The average Bonchev–Trinajstić information content (AvgIpc) is 2.39. The predicted molar refractivity (Wildman–Crippen MR) is 76.9 cm³/mol. The summed E-state index contributed by atoms with van der Waals surface area (Å²) in [6.07, 6.45) is 0. The van der Waals surface area contributed by atoms with Crippen molar-refractivity contribution in [3.63, 3.8) is 0 Å². The van der Waals surface area contributed by atoms with E-state index >= 15 is 0 Å². The number of halogens is 1. The molecule has 3 nitrogen and oxygen atoms in total. The third kappa shape index (κ3) is 3.35. The van der Waals surface area contributed by atoms with Gasteiger partial charge in [-0.05, 0) is 17.7 Å². The quantitative estimate of drug-likeness (QED) is 0.943. The van der Waals surface area contributed by atoms with Gasteiger partial charge in [0.15, 0.2) is 9.84 Å². The van der Waals surface area contributed by atoms with Crippen molar-refractivity contribution in [2.24, 2.45) is 5.73 Å². The summed E-state index contributed by atoms with van der Waals surface area (Å²) in [5.74, 6) is -0.166. The molecule has 0 amide bonds.